The average molecular weight is 337 g/mol. The van der Waals surface area contributed by atoms with E-state index in [2.05, 4.69) is 45.7 Å². The van der Waals surface area contributed by atoms with Crippen molar-refractivity contribution < 1.29 is 0 Å². The van der Waals surface area contributed by atoms with Crippen LogP contribution in [0.25, 0.3) is 0 Å². The van der Waals surface area contributed by atoms with Gasteiger partial charge in [-0.15, -0.1) is 0 Å². The second-order valence-corrected chi connectivity index (χ2v) is 7.47. The summed E-state index contributed by atoms with van der Waals surface area (Å²) in [5.74, 6) is 3.00. The summed E-state index contributed by atoms with van der Waals surface area (Å²) < 4.78 is 0. The van der Waals surface area contributed by atoms with E-state index in [1.807, 2.05) is 13.1 Å². The molecule has 5 heteroatoms. The Balaban J connectivity index is 1.58. The zero-order chi connectivity index (χ0) is 17.2. The van der Waals surface area contributed by atoms with E-state index < -0.39 is 0 Å². The van der Waals surface area contributed by atoms with Crippen molar-refractivity contribution in [2.45, 2.75) is 51.5 Å². The zero-order valence-corrected chi connectivity index (χ0v) is 15.1. The minimum Gasteiger partial charge on any atom is -0.361 e. The predicted octanol–water partition coefficient (Wildman–Crippen LogP) is 3.52. The van der Waals surface area contributed by atoms with Crippen LogP contribution in [0.2, 0.25) is 0 Å². The van der Waals surface area contributed by atoms with Crippen LogP contribution in [0.3, 0.4) is 0 Å². The Kier molecular flexibility index (Phi) is 4.66. The largest absolute Gasteiger partial charge is 0.361 e. The van der Waals surface area contributed by atoms with Crippen LogP contribution in [0.5, 0.6) is 0 Å². The van der Waals surface area contributed by atoms with Gasteiger partial charge in [0, 0.05) is 23.9 Å². The van der Waals surface area contributed by atoms with E-state index >= 15 is 0 Å². The molecular formula is C20H27N5. The summed E-state index contributed by atoms with van der Waals surface area (Å²) in [6, 6.07) is 6.65. The average Bonchev–Trinajstić information content (AvgIpc) is 3.45. The molecule has 1 saturated carbocycles. The smallest absolute Gasteiger partial charge is 0.130 e. The second-order valence-electron chi connectivity index (χ2n) is 7.47. The fourth-order valence-corrected chi connectivity index (χ4v) is 3.74. The SMILES string of the molecule is Cc1ccnc([C@@H](Nc2cc(C3CCNCC3)nc(C)n2)C2CC2)c1. The number of hydrogen-bond donors (Lipinski definition) is 2. The van der Waals surface area contributed by atoms with E-state index in [0.717, 1.165) is 43.3 Å². The maximum atomic E-state index is 4.72. The Bertz CT molecular complexity index is 735. The number of anilines is 1. The minimum atomic E-state index is 0.245. The number of aromatic nitrogens is 3. The second kappa shape index (κ2) is 7.08. The number of aryl methyl sites for hydroxylation is 2. The molecule has 2 aliphatic rings. The Morgan fingerprint density at radius 1 is 1.08 bits per heavy atom. The molecule has 5 nitrogen and oxygen atoms in total. The van der Waals surface area contributed by atoms with Crippen molar-refractivity contribution in [3.05, 3.63) is 47.2 Å². The van der Waals surface area contributed by atoms with Crippen LogP contribution < -0.4 is 10.6 Å². The molecule has 0 bridgehead atoms. The van der Waals surface area contributed by atoms with Crippen LogP contribution in [0, 0.1) is 19.8 Å². The summed E-state index contributed by atoms with van der Waals surface area (Å²) in [4.78, 5) is 14.0. The van der Waals surface area contributed by atoms with Gasteiger partial charge < -0.3 is 10.6 Å². The van der Waals surface area contributed by atoms with E-state index in [0.29, 0.717) is 11.8 Å². The molecule has 4 rings (SSSR count). The van der Waals surface area contributed by atoms with Gasteiger partial charge in [-0.05, 0) is 76.2 Å². The molecule has 2 aromatic heterocycles. The van der Waals surface area contributed by atoms with Crippen LogP contribution >= 0.6 is 0 Å². The minimum absolute atomic E-state index is 0.245. The molecule has 1 saturated heterocycles. The van der Waals surface area contributed by atoms with Gasteiger partial charge in [0.2, 0.25) is 0 Å². The molecule has 2 fully saturated rings. The van der Waals surface area contributed by atoms with E-state index in [4.69, 9.17) is 4.98 Å². The van der Waals surface area contributed by atoms with Gasteiger partial charge in [0.1, 0.15) is 11.6 Å². The van der Waals surface area contributed by atoms with E-state index in [-0.39, 0.29) is 6.04 Å². The van der Waals surface area contributed by atoms with Crippen molar-refractivity contribution in [1.82, 2.24) is 20.3 Å². The molecule has 0 aromatic carbocycles. The lowest BCUT2D eigenvalue weighted by atomic mass is 9.94. The molecule has 0 amide bonds. The molecule has 3 heterocycles. The maximum Gasteiger partial charge on any atom is 0.130 e. The third-order valence-electron chi connectivity index (χ3n) is 5.27. The Morgan fingerprint density at radius 3 is 2.60 bits per heavy atom. The third kappa shape index (κ3) is 3.98. The van der Waals surface area contributed by atoms with Crippen molar-refractivity contribution in [3.8, 4) is 0 Å². The molecule has 0 unspecified atom stereocenters. The van der Waals surface area contributed by atoms with Gasteiger partial charge >= 0.3 is 0 Å². The fraction of sp³-hybridized carbons (Fsp3) is 0.550. The van der Waals surface area contributed by atoms with Crippen molar-refractivity contribution >= 4 is 5.82 Å². The predicted molar refractivity (Wildman–Crippen MR) is 99.7 cm³/mol. The van der Waals surface area contributed by atoms with Crippen LogP contribution in [0.15, 0.2) is 24.4 Å². The quantitative estimate of drug-likeness (QED) is 0.874. The maximum absolute atomic E-state index is 4.72. The van der Waals surface area contributed by atoms with Crippen molar-refractivity contribution in [2.24, 2.45) is 5.92 Å². The molecule has 1 atom stereocenters. The highest BCUT2D eigenvalue weighted by molar-refractivity contribution is 5.41. The van der Waals surface area contributed by atoms with Crippen LogP contribution in [-0.2, 0) is 0 Å². The third-order valence-corrected chi connectivity index (χ3v) is 5.27. The number of hydrogen-bond acceptors (Lipinski definition) is 5. The van der Waals surface area contributed by atoms with Gasteiger partial charge in [0.25, 0.3) is 0 Å². The summed E-state index contributed by atoms with van der Waals surface area (Å²) in [5.41, 5.74) is 3.57. The highest BCUT2D eigenvalue weighted by atomic mass is 15.1. The van der Waals surface area contributed by atoms with Gasteiger partial charge in [0.05, 0.1) is 11.7 Å². The monoisotopic (exact) mass is 337 g/mol. The molecular weight excluding hydrogens is 310 g/mol. The van der Waals surface area contributed by atoms with Gasteiger partial charge in [-0.3, -0.25) is 4.98 Å². The fourth-order valence-electron chi connectivity index (χ4n) is 3.74. The summed E-state index contributed by atoms with van der Waals surface area (Å²) >= 11 is 0. The zero-order valence-electron chi connectivity index (χ0n) is 15.1. The molecule has 25 heavy (non-hydrogen) atoms. The number of nitrogens with zero attached hydrogens (tertiary/aromatic N) is 3. The normalized spacial score (nSPS) is 19.6. The lowest BCUT2D eigenvalue weighted by molar-refractivity contribution is 0.452. The molecule has 2 N–H and O–H groups in total. The lowest BCUT2D eigenvalue weighted by Gasteiger charge is -2.24. The van der Waals surface area contributed by atoms with E-state index in [9.17, 15) is 0 Å². The summed E-state index contributed by atoms with van der Waals surface area (Å²) in [5, 5.41) is 7.10. The molecule has 132 valence electrons. The van der Waals surface area contributed by atoms with Gasteiger partial charge in [-0.1, -0.05) is 0 Å². The summed E-state index contributed by atoms with van der Waals surface area (Å²) in [6.45, 7) is 6.27. The number of piperidine rings is 1. The van der Waals surface area contributed by atoms with Crippen LogP contribution in [-0.4, -0.2) is 28.0 Å². The Morgan fingerprint density at radius 2 is 1.88 bits per heavy atom. The number of rotatable bonds is 5. The summed E-state index contributed by atoms with van der Waals surface area (Å²) in [7, 11) is 0. The lowest BCUT2D eigenvalue weighted by Crippen LogP contribution is -2.27. The highest BCUT2D eigenvalue weighted by Gasteiger charge is 2.33. The molecule has 0 radical (unpaired) electrons. The molecule has 2 aromatic rings. The van der Waals surface area contributed by atoms with Crippen LogP contribution in [0.1, 0.15) is 60.4 Å². The number of nitrogens with one attached hydrogen (secondary N) is 2. The highest BCUT2D eigenvalue weighted by Crippen LogP contribution is 2.42. The van der Waals surface area contributed by atoms with E-state index in [1.54, 1.807) is 0 Å². The topological polar surface area (TPSA) is 62.7 Å². The van der Waals surface area contributed by atoms with Crippen LogP contribution in [0.4, 0.5) is 5.82 Å². The molecule has 0 spiro atoms. The standard InChI is InChI=1S/C20H27N5/c1-13-5-10-22-18(11-13)20(16-3-4-16)25-19-12-17(23-14(2)24-19)15-6-8-21-9-7-15/h5,10-12,15-16,20-21H,3-4,6-9H2,1-2H3,(H,23,24,25)/t20-/m0/s1. The van der Waals surface area contributed by atoms with Gasteiger partial charge in [0.15, 0.2) is 0 Å². The Hall–Kier alpha value is -2.01. The summed E-state index contributed by atoms with van der Waals surface area (Å²) in [6.07, 6.45) is 6.74. The number of pyridine rings is 1. The van der Waals surface area contributed by atoms with Crippen molar-refractivity contribution in [3.63, 3.8) is 0 Å². The first-order valence-corrected chi connectivity index (χ1v) is 9.44. The van der Waals surface area contributed by atoms with E-state index in [1.165, 1.54) is 24.1 Å². The molecule has 1 aliphatic heterocycles. The molecule has 1 aliphatic carbocycles. The van der Waals surface area contributed by atoms with Crippen molar-refractivity contribution in [2.75, 3.05) is 18.4 Å². The van der Waals surface area contributed by atoms with Gasteiger partial charge in [-0.2, -0.15) is 0 Å². The first-order valence-electron chi connectivity index (χ1n) is 9.44. The first-order chi connectivity index (χ1) is 12.2. The Labute approximate surface area is 149 Å². The first kappa shape index (κ1) is 16.5. The van der Waals surface area contributed by atoms with Gasteiger partial charge in [-0.25, -0.2) is 9.97 Å². The van der Waals surface area contributed by atoms with Crippen molar-refractivity contribution in [1.29, 1.82) is 0 Å².